The summed E-state index contributed by atoms with van der Waals surface area (Å²) in [6.45, 7) is 2.36. The molecule has 0 radical (unpaired) electrons. The highest BCUT2D eigenvalue weighted by Crippen LogP contribution is 2.25. The van der Waals surface area contributed by atoms with Gasteiger partial charge in [0.05, 0.1) is 48.5 Å². The van der Waals surface area contributed by atoms with E-state index in [1.807, 2.05) is 97.1 Å². The van der Waals surface area contributed by atoms with Gasteiger partial charge in [0.1, 0.15) is 17.2 Å². The number of benzene rings is 5. The van der Waals surface area contributed by atoms with Crippen LogP contribution in [0.4, 0.5) is 5.69 Å². The monoisotopic (exact) mass is 768 g/mol. The molecule has 9 heteroatoms. The van der Waals surface area contributed by atoms with Gasteiger partial charge in [-0.05, 0) is 121 Å². The van der Waals surface area contributed by atoms with Gasteiger partial charge in [0, 0.05) is 12.1 Å². The molecule has 0 aliphatic rings. The molecule has 0 fully saturated rings. The van der Waals surface area contributed by atoms with Gasteiger partial charge in [-0.3, -0.25) is 10.1 Å². The molecule has 5 rings (SSSR count). The highest BCUT2D eigenvalue weighted by Gasteiger charge is 2.09. The van der Waals surface area contributed by atoms with Crippen molar-refractivity contribution in [1.82, 2.24) is 0 Å². The quantitative estimate of drug-likeness (QED) is 0.0249. The van der Waals surface area contributed by atoms with Gasteiger partial charge in [0.15, 0.2) is 0 Å². The standard InChI is InChI=1S/C48H52N2O7/c49-37-38-13-15-39(16-14-38)41-21-27-45(28-22-41)55-35-11-7-8-12-36-57-48(51)43-19-17-40(18-20-43)42-23-29-46(30-24-42)54-33-9-5-3-1-2-4-6-10-34-56-47-31-25-44(26-32-47)50(52)53/h13-32H,1-12,33-36H2. The Balaban J connectivity index is 0.848. The van der Waals surface area contributed by atoms with E-state index in [1.165, 1.54) is 37.8 Å². The molecule has 57 heavy (non-hydrogen) atoms. The number of ether oxygens (including phenoxy) is 4. The van der Waals surface area contributed by atoms with Gasteiger partial charge < -0.3 is 18.9 Å². The maximum Gasteiger partial charge on any atom is 0.338 e. The summed E-state index contributed by atoms with van der Waals surface area (Å²) in [5.74, 6) is 2.06. The van der Waals surface area contributed by atoms with Gasteiger partial charge in [-0.25, -0.2) is 4.79 Å². The number of esters is 1. The fourth-order valence-corrected chi connectivity index (χ4v) is 6.33. The molecule has 0 aromatic heterocycles. The molecule has 0 aliphatic carbocycles. The van der Waals surface area contributed by atoms with Crippen molar-refractivity contribution in [3.63, 3.8) is 0 Å². The lowest BCUT2D eigenvalue weighted by Gasteiger charge is -2.09. The lowest BCUT2D eigenvalue weighted by Crippen LogP contribution is -2.06. The second-order valence-corrected chi connectivity index (χ2v) is 14.0. The number of nitriles is 1. The summed E-state index contributed by atoms with van der Waals surface area (Å²) < 4.78 is 23.1. The highest BCUT2D eigenvalue weighted by atomic mass is 16.6. The summed E-state index contributed by atoms with van der Waals surface area (Å²) in [6.07, 6.45) is 12.8. The smallest absolute Gasteiger partial charge is 0.338 e. The van der Waals surface area contributed by atoms with Crippen LogP contribution < -0.4 is 14.2 Å². The number of carbonyl (C=O) groups is 1. The van der Waals surface area contributed by atoms with Crippen molar-refractivity contribution in [1.29, 1.82) is 5.26 Å². The van der Waals surface area contributed by atoms with E-state index in [2.05, 4.69) is 6.07 Å². The van der Waals surface area contributed by atoms with Crippen LogP contribution in [0.25, 0.3) is 22.3 Å². The SMILES string of the molecule is N#Cc1ccc(-c2ccc(OCCCCCCOC(=O)c3ccc(-c4ccc(OCCCCCCCCCCOc5ccc([N+](=O)[O-])cc5)cc4)cc3)cc2)cc1. The minimum absolute atomic E-state index is 0.0740. The summed E-state index contributed by atoms with van der Waals surface area (Å²) in [4.78, 5) is 22.9. The van der Waals surface area contributed by atoms with Crippen LogP contribution in [0.1, 0.15) is 93.0 Å². The minimum Gasteiger partial charge on any atom is -0.494 e. The molecular weight excluding hydrogens is 717 g/mol. The van der Waals surface area contributed by atoms with Crippen LogP contribution in [0, 0.1) is 21.4 Å². The van der Waals surface area contributed by atoms with Gasteiger partial charge in [-0.2, -0.15) is 5.26 Å². The average Bonchev–Trinajstić information content (AvgIpc) is 3.25. The zero-order valence-corrected chi connectivity index (χ0v) is 32.6. The fraction of sp³-hybridized carbons (Fsp3) is 0.333. The Hall–Kier alpha value is -6.14. The number of unbranched alkanes of at least 4 members (excludes halogenated alkanes) is 10. The second-order valence-electron chi connectivity index (χ2n) is 14.0. The van der Waals surface area contributed by atoms with E-state index < -0.39 is 4.92 Å². The lowest BCUT2D eigenvalue weighted by atomic mass is 10.0. The van der Waals surface area contributed by atoms with E-state index in [1.54, 1.807) is 12.1 Å². The first-order valence-electron chi connectivity index (χ1n) is 20.1. The van der Waals surface area contributed by atoms with Crippen LogP contribution in [0.5, 0.6) is 17.2 Å². The third kappa shape index (κ3) is 14.8. The predicted molar refractivity (Wildman–Crippen MR) is 224 cm³/mol. The van der Waals surface area contributed by atoms with E-state index in [0.29, 0.717) is 43.3 Å². The van der Waals surface area contributed by atoms with E-state index in [-0.39, 0.29) is 11.7 Å². The number of nitro groups is 1. The number of nitrogens with zero attached hydrogens (tertiary/aromatic N) is 2. The Morgan fingerprint density at radius 1 is 0.474 bits per heavy atom. The van der Waals surface area contributed by atoms with Gasteiger partial charge >= 0.3 is 5.97 Å². The van der Waals surface area contributed by atoms with Crippen LogP contribution in [-0.2, 0) is 4.74 Å². The third-order valence-electron chi connectivity index (χ3n) is 9.67. The van der Waals surface area contributed by atoms with E-state index in [9.17, 15) is 14.9 Å². The number of hydrogen-bond donors (Lipinski definition) is 0. The summed E-state index contributed by atoms with van der Waals surface area (Å²) in [5.41, 5.74) is 5.50. The predicted octanol–water partition coefficient (Wildman–Crippen LogP) is 12.2. The third-order valence-corrected chi connectivity index (χ3v) is 9.67. The van der Waals surface area contributed by atoms with Crippen LogP contribution in [0.15, 0.2) is 121 Å². The molecule has 0 aliphatic heterocycles. The average molecular weight is 769 g/mol. The summed E-state index contributed by atoms with van der Waals surface area (Å²) in [7, 11) is 0. The van der Waals surface area contributed by atoms with Crippen LogP contribution in [0.2, 0.25) is 0 Å². The maximum absolute atomic E-state index is 12.6. The van der Waals surface area contributed by atoms with E-state index >= 15 is 0 Å². The van der Waals surface area contributed by atoms with Crippen molar-refractivity contribution in [2.24, 2.45) is 0 Å². The number of hydrogen-bond acceptors (Lipinski definition) is 8. The van der Waals surface area contributed by atoms with Crippen LogP contribution >= 0.6 is 0 Å². The van der Waals surface area contributed by atoms with Gasteiger partial charge in [0.25, 0.3) is 5.69 Å². The summed E-state index contributed by atoms with van der Waals surface area (Å²) >= 11 is 0. The van der Waals surface area contributed by atoms with Crippen LogP contribution in [0.3, 0.4) is 0 Å². The van der Waals surface area contributed by atoms with E-state index in [0.717, 1.165) is 85.1 Å². The molecule has 5 aromatic carbocycles. The Labute approximate surface area is 336 Å². The molecule has 9 nitrogen and oxygen atoms in total. The zero-order valence-electron chi connectivity index (χ0n) is 32.6. The molecule has 0 saturated heterocycles. The normalized spacial score (nSPS) is 10.7. The molecule has 0 amide bonds. The molecule has 0 atom stereocenters. The van der Waals surface area contributed by atoms with E-state index in [4.69, 9.17) is 24.2 Å². The number of rotatable bonds is 25. The first-order valence-corrected chi connectivity index (χ1v) is 20.1. The molecule has 296 valence electrons. The summed E-state index contributed by atoms with van der Waals surface area (Å²) in [6, 6.07) is 39.5. The highest BCUT2D eigenvalue weighted by molar-refractivity contribution is 5.90. The second kappa shape index (κ2) is 23.7. The van der Waals surface area contributed by atoms with Crippen LogP contribution in [-0.4, -0.2) is 37.3 Å². The van der Waals surface area contributed by atoms with Crippen molar-refractivity contribution in [3.05, 3.63) is 143 Å². The van der Waals surface area contributed by atoms with Crippen molar-refractivity contribution in [2.45, 2.75) is 77.0 Å². The van der Waals surface area contributed by atoms with Crippen molar-refractivity contribution < 1.29 is 28.7 Å². The molecule has 0 saturated carbocycles. The molecule has 0 N–H and O–H groups in total. The Morgan fingerprint density at radius 3 is 1.19 bits per heavy atom. The van der Waals surface area contributed by atoms with Crippen molar-refractivity contribution >= 4 is 11.7 Å². The Kier molecular flexibility index (Phi) is 17.5. The van der Waals surface area contributed by atoms with Crippen molar-refractivity contribution in [2.75, 3.05) is 26.4 Å². The van der Waals surface area contributed by atoms with Gasteiger partial charge in [-0.1, -0.05) is 87.1 Å². The molecule has 0 unspecified atom stereocenters. The summed E-state index contributed by atoms with van der Waals surface area (Å²) in [5, 5.41) is 19.7. The molecular formula is C48H52N2O7. The maximum atomic E-state index is 12.6. The topological polar surface area (TPSA) is 121 Å². The van der Waals surface area contributed by atoms with Crippen molar-refractivity contribution in [3.8, 4) is 45.6 Å². The first kappa shape index (κ1) is 42.0. The molecule has 0 spiro atoms. The molecule has 5 aromatic rings. The molecule has 0 bridgehead atoms. The minimum atomic E-state index is -0.409. The Bertz CT molecular complexity index is 1970. The first-order chi connectivity index (χ1) is 28.0. The lowest BCUT2D eigenvalue weighted by molar-refractivity contribution is -0.384. The molecule has 0 heterocycles. The van der Waals surface area contributed by atoms with Gasteiger partial charge in [-0.15, -0.1) is 0 Å². The number of carbonyl (C=O) groups excluding carboxylic acids is 1. The van der Waals surface area contributed by atoms with Gasteiger partial charge in [0.2, 0.25) is 0 Å². The fourth-order valence-electron chi connectivity index (χ4n) is 6.33. The number of non-ortho nitro benzene ring substituents is 1. The number of nitro benzene ring substituents is 1. The zero-order chi connectivity index (χ0) is 39.9. The largest absolute Gasteiger partial charge is 0.494 e. The Morgan fingerprint density at radius 2 is 0.807 bits per heavy atom.